The van der Waals surface area contributed by atoms with E-state index in [9.17, 15) is 4.79 Å². The van der Waals surface area contributed by atoms with Gasteiger partial charge in [-0.1, -0.05) is 36.8 Å². The molecular formula is C17H19N5O. The van der Waals surface area contributed by atoms with Gasteiger partial charge in [0.1, 0.15) is 11.8 Å². The van der Waals surface area contributed by atoms with Crippen LogP contribution in [0.1, 0.15) is 36.8 Å². The molecule has 0 bridgehead atoms. The number of aromatic amines is 1. The molecule has 118 valence electrons. The summed E-state index contributed by atoms with van der Waals surface area (Å²) >= 11 is 0. The average molecular weight is 309 g/mol. The fourth-order valence-corrected chi connectivity index (χ4v) is 2.46. The first-order valence-electron chi connectivity index (χ1n) is 7.64. The fourth-order valence-electron chi connectivity index (χ4n) is 2.46. The van der Waals surface area contributed by atoms with E-state index in [1.807, 2.05) is 0 Å². The number of fused-ring (bicyclic) bond motifs is 1. The highest BCUT2D eigenvalue weighted by Gasteiger charge is 2.12. The van der Waals surface area contributed by atoms with Gasteiger partial charge < -0.3 is 10.3 Å². The second-order valence-electron chi connectivity index (χ2n) is 5.72. The van der Waals surface area contributed by atoms with Gasteiger partial charge in [-0.25, -0.2) is 15.0 Å². The van der Waals surface area contributed by atoms with Crippen molar-refractivity contribution in [2.75, 3.05) is 5.32 Å². The van der Waals surface area contributed by atoms with Gasteiger partial charge in [0.2, 0.25) is 5.91 Å². The smallest absolute Gasteiger partial charge is 0.225 e. The van der Waals surface area contributed by atoms with Crippen LogP contribution >= 0.6 is 0 Å². The Bertz CT molecular complexity index is 809. The molecule has 0 aliphatic carbocycles. The molecule has 0 radical (unpaired) electrons. The zero-order valence-corrected chi connectivity index (χ0v) is 13.2. The second kappa shape index (κ2) is 6.56. The second-order valence-corrected chi connectivity index (χ2v) is 5.72. The van der Waals surface area contributed by atoms with Crippen molar-refractivity contribution in [1.29, 1.82) is 0 Å². The number of anilines is 1. The average Bonchev–Trinajstić information content (AvgIpc) is 3.03. The lowest BCUT2D eigenvalue weighted by molar-refractivity contribution is -0.116. The molecule has 1 amide bonds. The number of hydrogen-bond acceptors (Lipinski definition) is 4. The van der Waals surface area contributed by atoms with Crippen LogP contribution in [0.5, 0.6) is 0 Å². The zero-order chi connectivity index (χ0) is 16.2. The molecule has 23 heavy (non-hydrogen) atoms. The number of benzene rings is 1. The van der Waals surface area contributed by atoms with Gasteiger partial charge in [0, 0.05) is 6.42 Å². The van der Waals surface area contributed by atoms with Crippen molar-refractivity contribution >= 4 is 22.9 Å². The van der Waals surface area contributed by atoms with Crippen molar-refractivity contribution in [3.63, 3.8) is 0 Å². The van der Waals surface area contributed by atoms with Gasteiger partial charge in [0.15, 0.2) is 11.5 Å². The van der Waals surface area contributed by atoms with Crippen molar-refractivity contribution in [1.82, 2.24) is 19.9 Å². The lowest BCUT2D eigenvalue weighted by Crippen LogP contribution is -2.14. The maximum atomic E-state index is 12.2. The number of imidazole rings is 1. The maximum absolute atomic E-state index is 12.2. The van der Waals surface area contributed by atoms with Crippen molar-refractivity contribution in [3.8, 4) is 0 Å². The molecular weight excluding hydrogens is 290 g/mol. The number of nitrogens with one attached hydrogen (secondary N) is 2. The van der Waals surface area contributed by atoms with Gasteiger partial charge in [-0.2, -0.15) is 0 Å². The van der Waals surface area contributed by atoms with Gasteiger partial charge in [-0.3, -0.25) is 4.79 Å². The summed E-state index contributed by atoms with van der Waals surface area (Å²) < 4.78 is 0. The molecule has 0 fully saturated rings. The van der Waals surface area contributed by atoms with Gasteiger partial charge in [-0.05, 0) is 24.8 Å². The highest BCUT2D eigenvalue weighted by atomic mass is 16.1. The number of aromatic nitrogens is 4. The van der Waals surface area contributed by atoms with Gasteiger partial charge in [0.05, 0.1) is 6.33 Å². The summed E-state index contributed by atoms with van der Waals surface area (Å²) in [5.41, 5.74) is 3.68. The van der Waals surface area contributed by atoms with E-state index in [4.69, 9.17) is 0 Å². The topological polar surface area (TPSA) is 83.6 Å². The summed E-state index contributed by atoms with van der Waals surface area (Å²) in [6.45, 7) is 4.20. The number of aryl methyl sites for hydroxylation is 1. The van der Waals surface area contributed by atoms with E-state index < -0.39 is 0 Å². The number of carbonyl (C=O) groups excluding carboxylic acids is 1. The summed E-state index contributed by atoms with van der Waals surface area (Å²) in [5.74, 6) is 0.748. The molecule has 0 saturated carbocycles. The standard InChI is InChI=1S/C17H19N5O/c1-11-3-6-13(7-4-11)12(2)5-8-14(23)22-17-15-16(19-9-18-15)20-10-21-17/h3-4,6-7,9-10,12H,5,8H2,1-2H3,(H2,18,19,20,21,22,23). The SMILES string of the molecule is Cc1ccc(C(C)CCC(=O)Nc2ncnc3nc[nH]c23)cc1. The first-order chi connectivity index (χ1) is 11.1. The van der Waals surface area contributed by atoms with Crippen LogP contribution in [0.3, 0.4) is 0 Å². The third-order valence-electron chi connectivity index (χ3n) is 3.93. The minimum absolute atomic E-state index is 0.0569. The number of hydrogen-bond donors (Lipinski definition) is 2. The summed E-state index contributed by atoms with van der Waals surface area (Å²) in [5, 5.41) is 2.83. The van der Waals surface area contributed by atoms with Crippen molar-refractivity contribution in [2.24, 2.45) is 0 Å². The lowest BCUT2D eigenvalue weighted by atomic mass is 9.95. The predicted octanol–water partition coefficient (Wildman–Crippen LogP) is 3.18. The Hall–Kier alpha value is -2.76. The summed E-state index contributed by atoms with van der Waals surface area (Å²) in [6.07, 6.45) is 4.16. The Morgan fingerprint density at radius 1 is 1.22 bits per heavy atom. The summed E-state index contributed by atoms with van der Waals surface area (Å²) in [6, 6.07) is 8.44. The maximum Gasteiger partial charge on any atom is 0.225 e. The normalized spacial score (nSPS) is 12.3. The molecule has 2 heterocycles. The van der Waals surface area contributed by atoms with Crippen molar-refractivity contribution in [2.45, 2.75) is 32.6 Å². The number of nitrogens with zero attached hydrogens (tertiary/aromatic N) is 3. The van der Waals surface area contributed by atoms with Crippen LogP contribution < -0.4 is 5.32 Å². The molecule has 6 nitrogen and oxygen atoms in total. The number of carbonyl (C=O) groups is 1. The Balaban J connectivity index is 1.59. The fraction of sp³-hybridized carbons (Fsp3) is 0.294. The molecule has 1 aromatic carbocycles. The molecule has 3 aromatic rings. The van der Waals surface area contributed by atoms with Crippen LogP contribution in [-0.2, 0) is 4.79 Å². The Kier molecular flexibility index (Phi) is 4.32. The first kappa shape index (κ1) is 15.1. The molecule has 0 saturated heterocycles. The molecule has 0 spiro atoms. The summed E-state index contributed by atoms with van der Waals surface area (Å²) in [7, 11) is 0. The van der Waals surface area contributed by atoms with Crippen LogP contribution in [0.2, 0.25) is 0 Å². The quantitative estimate of drug-likeness (QED) is 0.758. The van der Waals surface area contributed by atoms with Crippen LogP contribution in [0.15, 0.2) is 36.9 Å². The van der Waals surface area contributed by atoms with Gasteiger partial charge >= 0.3 is 0 Å². The first-order valence-corrected chi connectivity index (χ1v) is 7.64. The van der Waals surface area contributed by atoms with Crippen molar-refractivity contribution < 1.29 is 4.79 Å². The predicted molar refractivity (Wildman–Crippen MR) is 89.1 cm³/mol. The highest BCUT2D eigenvalue weighted by molar-refractivity contribution is 5.96. The minimum Gasteiger partial charge on any atom is -0.340 e. The molecule has 0 aliphatic heterocycles. The Morgan fingerprint density at radius 2 is 2.00 bits per heavy atom. The number of amides is 1. The third kappa shape index (κ3) is 3.53. The molecule has 1 unspecified atom stereocenters. The summed E-state index contributed by atoms with van der Waals surface area (Å²) in [4.78, 5) is 27.3. The van der Waals surface area contributed by atoms with Crippen LogP contribution in [-0.4, -0.2) is 25.8 Å². The molecule has 1 atom stereocenters. The van der Waals surface area contributed by atoms with Crippen LogP contribution in [0, 0.1) is 6.92 Å². The van der Waals surface area contributed by atoms with E-state index in [0.717, 1.165) is 6.42 Å². The van der Waals surface area contributed by atoms with E-state index in [1.54, 1.807) is 0 Å². The number of rotatable bonds is 5. The molecule has 3 rings (SSSR count). The molecule has 6 heteroatoms. The van der Waals surface area contributed by atoms with Gasteiger partial charge in [0.25, 0.3) is 0 Å². The van der Waals surface area contributed by atoms with E-state index in [-0.39, 0.29) is 5.91 Å². The highest BCUT2D eigenvalue weighted by Crippen LogP contribution is 2.21. The minimum atomic E-state index is -0.0569. The molecule has 0 aliphatic rings. The molecule has 2 aromatic heterocycles. The van der Waals surface area contributed by atoms with E-state index in [2.05, 4.69) is 63.4 Å². The van der Waals surface area contributed by atoms with E-state index >= 15 is 0 Å². The number of H-pyrrole nitrogens is 1. The van der Waals surface area contributed by atoms with Crippen molar-refractivity contribution in [3.05, 3.63) is 48.0 Å². The van der Waals surface area contributed by atoms with E-state index in [1.165, 1.54) is 23.8 Å². The van der Waals surface area contributed by atoms with E-state index in [0.29, 0.717) is 29.3 Å². The molecule has 2 N–H and O–H groups in total. The van der Waals surface area contributed by atoms with Gasteiger partial charge in [-0.15, -0.1) is 0 Å². The third-order valence-corrected chi connectivity index (χ3v) is 3.93. The largest absolute Gasteiger partial charge is 0.340 e. The lowest BCUT2D eigenvalue weighted by Gasteiger charge is -2.12. The monoisotopic (exact) mass is 309 g/mol. The Morgan fingerprint density at radius 3 is 2.78 bits per heavy atom. The Labute approximate surface area is 134 Å². The zero-order valence-electron chi connectivity index (χ0n) is 13.2. The van der Waals surface area contributed by atoms with Crippen LogP contribution in [0.25, 0.3) is 11.2 Å². The van der Waals surface area contributed by atoms with Crippen LogP contribution in [0.4, 0.5) is 5.82 Å².